The highest BCUT2D eigenvalue weighted by molar-refractivity contribution is 6.14. The van der Waals surface area contributed by atoms with Gasteiger partial charge in [-0.3, -0.25) is 0 Å². The number of anilines is 2. The summed E-state index contributed by atoms with van der Waals surface area (Å²) >= 11 is 0. The summed E-state index contributed by atoms with van der Waals surface area (Å²) in [5.74, 6) is -1.40. The predicted octanol–water partition coefficient (Wildman–Crippen LogP) is 6.81. The Bertz CT molecular complexity index is 1440. The highest BCUT2D eigenvalue weighted by atomic mass is 16.4. The number of fused-ring (bicyclic) bond motifs is 2. The molecule has 0 aliphatic heterocycles. The molecule has 0 heterocycles. The summed E-state index contributed by atoms with van der Waals surface area (Å²) in [7, 11) is 0. The van der Waals surface area contributed by atoms with Gasteiger partial charge in [-0.05, 0) is 45.8 Å². The Morgan fingerprint density at radius 1 is 0.677 bits per heavy atom. The summed E-state index contributed by atoms with van der Waals surface area (Å²) in [4.78, 5) is 11.9. The van der Waals surface area contributed by atoms with E-state index >= 15 is 0 Å². The van der Waals surface area contributed by atoms with E-state index in [0.717, 1.165) is 38.5 Å². The lowest BCUT2D eigenvalue weighted by Gasteiger charge is -2.19. The van der Waals surface area contributed by atoms with Crippen LogP contribution < -0.4 is 5.32 Å². The van der Waals surface area contributed by atoms with Gasteiger partial charge in [0.2, 0.25) is 0 Å². The number of aromatic carboxylic acids is 1. The van der Waals surface area contributed by atoms with Gasteiger partial charge in [0.25, 0.3) is 0 Å². The van der Waals surface area contributed by atoms with Crippen LogP contribution in [-0.2, 0) is 0 Å². The minimum atomic E-state index is -1.16. The van der Waals surface area contributed by atoms with Gasteiger partial charge in [-0.1, -0.05) is 72.8 Å². The monoisotopic (exact) mass is 405 g/mol. The molecular formula is C27H19NO3. The molecule has 0 atom stereocenters. The van der Waals surface area contributed by atoms with Crippen molar-refractivity contribution >= 4 is 38.9 Å². The van der Waals surface area contributed by atoms with Crippen LogP contribution in [0.4, 0.5) is 11.4 Å². The number of hydrogen-bond donors (Lipinski definition) is 3. The van der Waals surface area contributed by atoms with Crippen LogP contribution in [0.3, 0.4) is 0 Å². The van der Waals surface area contributed by atoms with Crippen LogP contribution in [0.25, 0.3) is 32.7 Å². The number of phenols is 1. The van der Waals surface area contributed by atoms with E-state index in [-0.39, 0.29) is 11.3 Å². The molecule has 0 radical (unpaired) electrons. The van der Waals surface area contributed by atoms with Crippen molar-refractivity contribution in [1.29, 1.82) is 0 Å². The van der Waals surface area contributed by atoms with Crippen LogP contribution in [0.1, 0.15) is 10.4 Å². The zero-order chi connectivity index (χ0) is 21.4. The van der Waals surface area contributed by atoms with E-state index in [1.54, 1.807) is 0 Å². The van der Waals surface area contributed by atoms with E-state index in [9.17, 15) is 15.0 Å². The lowest BCUT2D eigenvalue weighted by molar-refractivity contribution is 0.0694. The average Bonchev–Trinajstić information content (AvgIpc) is 2.80. The Morgan fingerprint density at radius 3 is 2.00 bits per heavy atom. The zero-order valence-electron chi connectivity index (χ0n) is 16.5. The van der Waals surface area contributed by atoms with Crippen molar-refractivity contribution in [2.75, 3.05) is 5.32 Å². The van der Waals surface area contributed by atoms with E-state index in [2.05, 4.69) is 5.32 Å². The van der Waals surface area contributed by atoms with Crippen molar-refractivity contribution < 1.29 is 15.0 Å². The molecule has 5 rings (SSSR count). The molecular weight excluding hydrogens is 386 g/mol. The van der Waals surface area contributed by atoms with Crippen molar-refractivity contribution in [2.45, 2.75) is 0 Å². The molecule has 31 heavy (non-hydrogen) atoms. The van der Waals surface area contributed by atoms with Crippen LogP contribution in [0, 0.1) is 0 Å². The van der Waals surface area contributed by atoms with Crippen molar-refractivity contribution in [1.82, 2.24) is 0 Å². The second-order valence-electron chi connectivity index (χ2n) is 7.37. The third-order valence-electron chi connectivity index (χ3n) is 5.48. The standard InChI is InChI=1S/C27H19NO3/c29-26-22(27(30)31)16-18-9-5-7-13-21(18)25(26)24-20-12-6-4-8-17(20)14-15-23(24)28-19-10-2-1-3-11-19/h1-16,28-29H,(H,30,31). The predicted molar refractivity (Wildman–Crippen MR) is 125 cm³/mol. The van der Waals surface area contributed by atoms with Crippen molar-refractivity contribution in [2.24, 2.45) is 0 Å². The maximum absolute atomic E-state index is 11.9. The van der Waals surface area contributed by atoms with E-state index in [1.807, 2.05) is 91.0 Å². The van der Waals surface area contributed by atoms with Crippen LogP contribution in [0.15, 0.2) is 97.1 Å². The maximum Gasteiger partial charge on any atom is 0.339 e. The summed E-state index contributed by atoms with van der Waals surface area (Å²) in [6, 6.07) is 30.7. The molecule has 0 fully saturated rings. The van der Waals surface area contributed by atoms with Crippen LogP contribution in [0.2, 0.25) is 0 Å². The van der Waals surface area contributed by atoms with Crippen LogP contribution in [0.5, 0.6) is 5.75 Å². The molecule has 0 bridgehead atoms. The van der Waals surface area contributed by atoms with Gasteiger partial charge in [0.05, 0.1) is 0 Å². The fourth-order valence-electron chi connectivity index (χ4n) is 4.07. The lowest BCUT2D eigenvalue weighted by Crippen LogP contribution is -2.01. The van der Waals surface area contributed by atoms with Gasteiger partial charge in [0, 0.05) is 22.5 Å². The zero-order valence-corrected chi connectivity index (χ0v) is 16.5. The van der Waals surface area contributed by atoms with E-state index in [0.29, 0.717) is 5.56 Å². The Kier molecular flexibility index (Phi) is 4.53. The first-order valence-electron chi connectivity index (χ1n) is 9.95. The smallest absolute Gasteiger partial charge is 0.339 e. The number of carboxylic acid groups (broad SMARTS) is 1. The van der Waals surface area contributed by atoms with Gasteiger partial charge in [0.1, 0.15) is 11.3 Å². The molecule has 0 saturated heterocycles. The number of benzene rings is 5. The van der Waals surface area contributed by atoms with Gasteiger partial charge in [-0.15, -0.1) is 0 Å². The second-order valence-corrected chi connectivity index (χ2v) is 7.37. The van der Waals surface area contributed by atoms with Gasteiger partial charge >= 0.3 is 5.97 Å². The Morgan fingerprint density at radius 2 is 1.29 bits per heavy atom. The minimum absolute atomic E-state index is 0.118. The minimum Gasteiger partial charge on any atom is -0.506 e. The summed E-state index contributed by atoms with van der Waals surface area (Å²) in [6.07, 6.45) is 0. The number of carboxylic acids is 1. The average molecular weight is 405 g/mol. The van der Waals surface area contributed by atoms with Gasteiger partial charge in [0.15, 0.2) is 0 Å². The molecule has 0 aromatic heterocycles. The number of nitrogens with one attached hydrogen (secondary N) is 1. The molecule has 150 valence electrons. The molecule has 5 aromatic carbocycles. The van der Waals surface area contributed by atoms with Gasteiger partial charge in [-0.25, -0.2) is 4.79 Å². The highest BCUT2D eigenvalue weighted by Crippen LogP contribution is 2.46. The first-order chi connectivity index (χ1) is 15.1. The fraction of sp³-hybridized carbons (Fsp3) is 0. The molecule has 0 amide bonds. The molecule has 0 aliphatic carbocycles. The Labute approximate surface area is 179 Å². The normalized spacial score (nSPS) is 11.0. The molecule has 0 unspecified atom stereocenters. The highest BCUT2D eigenvalue weighted by Gasteiger charge is 2.22. The summed E-state index contributed by atoms with van der Waals surface area (Å²) in [6.45, 7) is 0. The Hall–Kier alpha value is -4.31. The number of hydrogen-bond acceptors (Lipinski definition) is 3. The van der Waals surface area contributed by atoms with Crippen molar-refractivity contribution in [3.63, 3.8) is 0 Å². The second kappa shape index (κ2) is 7.50. The lowest BCUT2D eigenvalue weighted by atomic mass is 9.89. The van der Waals surface area contributed by atoms with E-state index in [4.69, 9.17) is 0 Å². The maximum atomic E-state index is 11.9. The largest absolute Gasteiger partial charge is 0.506 e. The number of aromatic hydroxyl groups is 1. The van der Waals surface area contributed by atoms with Gasteiger partial charge in [-0.2, -0.15) is 0 Å². The SMILES string of the molecule is O=C(O)c1cc2ccccc2c(-c2c(Nc3ccccc3)ccc3ccccc23)c1O. The quantitative estimate of drug-likeness (QED) is 0.307. The molecule has 0 spiro atoms. The van der Waals surface area contributed by atoms with E-state index in [1.165, 1.54) is 6.07 Å². The van der Waals surface area contributed by atoms with E-state index < -0.39 is 5.97 Å². The summed E-state index contributed by atoms with van der Waals surface area (Å²) in [5, 5.41) is 27.8. The van der Waals surface area contributed by atoms with Gasteiger partial charge < -0.3 is 15.5 Å². The number of carbonyl (C=O) groups is 1. The van der Waals surface area contributed by atoms with Crippen LogP contribution in [-0.4, -0.2) is 16.2 Å². The molecule has 0 aliphatic rings. The van der Waals surface area contributed by atoms with Crippen molar-refractivity contribution in [3.8, 4) is 16.9 Å². The third-order valence-corrected chi connectivity index (χ3v) is 5.48. The fourth-order valence-corrected chi connectivity index (χ4v) is 4.07. The topological polar surface area (TPSA) is 69.6 Å². The Balaban J connectivity index is 1.90. The number of rotatable bonds is 4. The first kappa shape index (κ1) is 18.7. The first-order valence-corrected chi connectivity index (χ1v) is 9.95. The molecule has 3 N–H and O–H groups in total. The molecule has 4 nitrogen and oxygen atoms in total. The number of para-hydroxylation sites is 1. The molecule has 4 heteroatoms. The molecule has 5 aromatic rings. The summed E-state index contributed by atoms with van der Waals surface area (Å²) < 4.78 is 0. The third kappa shape index (κ3) is 3.24. The molecule has 0 saturated carbocycles. The summed E-state index contributed by atoms with van der Waals surface area (Å²) in [5.41, 5.74) is 2.84. The van der Waals surface area contributed by atoms with Crippen molar-refractivity contribution in [3.05, 3.63) is 103 Å². The van der Waals surface area contributed by atoms with Crippen LogP contribution >= 0.6 is 0 Å².